The van der Waals surface area contributed by atoms with Gasteiger partial charge in [0.05, 0.1) is 12.1 Å². The molecular formula is C27H41FN2O5. The zero-order chi connectivity index (χ0) is 26.0. The summed E-state index contributed by atoms with van der Waals surface area (Å²) in [7, 11) is 0. The molecule has 0 bridgehead atoms. The minimum absolute atomic E-state index is 0.137. The zero-order valence-corrected chi connectivity index (χ0v) is 21.9. The van der Waals surface area contributed by atoms with Gasteiger partial charge in [-0.1, -0.05) is 12.1 Å². The van der Waals surface area contributed by atoms with E-state index in [0.717, 1.165) is 12.8 Å². The van der Waals surface area contributed by atoms with Crippen molar-refractivity contribution in [2.24, 2.45) is 5.92 Å². The van der Waals surface area contributed by atoms with E-state index in [4.69, 9.17) is 9.47 Å². The predicted molar refractivity (Wildman–Crippen MR) is 131 cm³/mol. The van der Waals surface area contributed by atoms with Crippen LogP contribution in [0.1, 0.15) is 85.3 Å². The zero-order valence-electron chi connectivity index (χ0n) is 21.9. The van der Waals surface area contributed by atoms with Crippen molar-refractivity contribution in [1.29, 1.82) is 0 Å². The SMILES string of the molecule is CC(C)(C)OC(=O)N1CCC[C@@H](C[C@@H]2CC[C@H]([C@@H](O)c3cccc(F)c3)N2C(=O)OC(C)(C)C)C1. The fourth-order valence-electron chi connectivity index (χ4n) is 5.10. The van der Waals surface area contributed by atoms with Crippen LogP contribution in [0.2, 0.25) is 0 Å². The molecule has 3 rings (SSSR count). The minimum Gasteiger partial charge on any atom is -0.444 e. The van der Waals surface area contributed by atoms with E-state index in [1.165, 1.54) is 12.1 Å². The first-order valence-corrected chi connectivity index (χ1v) is 12.7. The van der Waals surface area contributed by atoms with Gasteiger partial charge in [0, 0.05) is 19.1 Å². The summed E-state index contributed by atoms with van der Waals surface area (Å²) < 4.78 is 25.1. The standard InChI is InChI=1S/C27H41FN2O5/c1-26(2,3)34-24(32)29-14-8-9-18(17-29)15-21-12-13-22(30(21)25(33)35-27(4,5)6)23(31)19-10-7-11-20(28)16-19/h7,10-11,16,18,21-23,31H,8-9,12-15,17H2,1-6H3/t18-,21-,22+,23-/m0/s1. The highest BCUT2D eigenvalue weighted by Gasteiger charge is 2.44. The first kappa shape index (κ1) is 27.2. The van der Waals surface area contributed by atoms with Gasteiger partial charge in [0.25, 0.3) is 0 Å². The van der Waals surface area contributed by atoms with Gasteiger partial charge in [-0.25, -0.2) is 14.0 Å². The lowest BCUT2D eigenvalue weighted by Crippen LogP contribution is -2.48. The lowest BCUT2D eigenvalue weighted by atomic mass is 9.90. The monoisotopic (exact) mass is 492 g/mol. The molecule has 4 atom stereocenters. The van der Waals surface area contributed by atoms with E-state index in [1.807, 2.05) is 41.5 Å². The van der Waals surface area contributed by atoms with Crippen molar-refractivity contribution in [3.63, 3.8) is 0 Å². The van der Waals surface area contributed by atoms with Crippen LogP contribution in [0.25, 0.3) is 0 Å². The van der Waals surface area contributed by atoms with Gasteiger partial charge < -0.3 is 19.5 Å². The van der Waals surface area contributed by atoms with Crippen LogP contribution >= 0.6 is 0 Å². The van der Waals surface area contributed by atoms with Crippen molar-refractivity contribution >= 4 is 12.2 Å². The van der Waals surface area contributed by atoms with E-state index in [1.54, 1.807) is 21.9 Å². The minimum atomic E-state index is -1.02. The van der Waals surface area contributed by atoms with Crippen molar-refractivity contribution < 1.29 is 28.6 Å². The Labute approximate surface area is 208 Å². The average Bonchev–Trinajstić information content (AvgIpc) is 3.14. The second kappa shape index (κ2) is 10.7. The maximum absolute atomic E-state index is 13.8. The van der Waals surface area contributed by atoms with Crippen LogP contribution < -0.4 is 0 Å². The number of aliphatic hydroxyl groups excluding tert-OH is 1. The molecule has 196 valence electrons. The van der Waals surface area contributed by atoms with E-state index in [2.05, 4.69) is 0 Å². The Balaban J connectivity index is 1.75. The van der Waals surface area contributed by atoms with Crippen molar-refractivity contribution in [3.8, 4) is 0 Å². The Kier molecular flexibility index (Phi) is 8.35. The third-order valence-electron chi connectivity index (χ3n) is 6.48. The summed E-state index contributed by atoms with van der Waals surface area (Å²) >= 11 is 0. The molecule has 2 aliphatic heterocycles. The first-order valence-electron chi connectivity index (χ1n) is 12.7. The van der Waals surface area contributed by atoms with E-state index < -0.39 is 35.3 Å². The maximum Gasteiger partial charge on any atom is 0.410 e. The molecular weight excluding hydrogens is 451 g/mol. The van der Waals surface area contributed by atoms with E-state index in [9.17, 15) is 19.1 Å². The highest BCUT2D eigenvalue weighted by molar-refractivity contribution is 5.70. The van der Waals surface area contributed by atoms with Crippen molar-refractivity contribution in [1.82, 2.24) is 9.80 Å². The molecule has 2 amide bonds. The Morgan fingerprint density at radius 3 is 2.34 bits per heavy atom. The molecule has 8 heteroatoms. The Bertz CT molecular complexity index is 894. The molecule has 1 N–H and O–H groups in total. The first-order chi connectivity index (χ1) is 16.2. The van der Waals surface area contributed by atoms with Crippen LogP contribution in [-0.4, -0.2) is 63.5 Å². The molecule has 0 saturated carbocycles. The van der Waals surface area contributed by atoms with E-state index in [0.29, 0.717) is 37.9 Å². The number of aliphatic hydroxyl groups is 1. The third-order valence-corrected chi connectivity index (χ3v) is 6.48. The van der Waals surface area contributed by atoms with Gasteiger partial charge in [0.15, 0.2) is 0 Å². The van der Waals surface area contributed by atoms with Crippen LogP contribution in [-0.2, 0) is 9.47 Å². The summed E-state index contributed by atoms with van der Waals surface area (Å²) in [5.41, 5.74) is -0.793. The lowest BCUT2D eigenvalue weighted by molar-refractivity contribution is -0.00991. The van der Waals surface area contributed by atoms with Gasteiger partial charge >= 0.3 is 12.2 Å². The fraction of sp³-hybridized carbons (Fsp3) is 0.704. The number of hydrogen-bond donors (Lipinski definition) is 1. The van der Waals surface area contributed by atoms with Crippen LogP contribution in [0, 0.1) is 11.7 Å². The fourth-order valence-corrected chi connectivity index (χ4v) is 5.10. The van der Waals surface area contributed by atoms with Gasteiger partial charge in [-0.2, -0.15) is 0 Å². The normalized spacial score (nSPS) is 24.3. The van der Waals surface area contributed by atoms with Crippen molar-refractivity contribution in [2.75, 3.05) is 13.1 Å². The number of halogens is 1. The van der Waals surface area contributed by atoms with Gasteiger partial charge in [-0.05, 0) is 97.3 Å². The molecule has 0 spiro atoms. The number of rotatable bonds is 4. The molecule has 1 aromatic rings. The van der Waals surface area contributed by atoms with Gasteiger partial charge in [0.1, 0.15) is 17.0 Å². The second-order valence-electron chi connectivity index (χ2n) is 11.9. The molecule has 0 unspecified atom stereocenters. The summed E-state index contributed by atoms with van der Waals surface area (Å²) in [6.45, 7) is 12.2. The second-order valence-corrected chi connectivity index (χ2v) is 11.9. The number of carbonyl (C=O) groups is 2. The number of ether oxygens (including phenoxy) is 2. The number of carbonyl (C=O) groups excluding carboxylic acids is 2. The Morgan fingerprint density at radius 1 is 1.06 bits per heavy atom. The number of likely N-dealkylation sites (tertiary alicyclic amines) is 2. The number of benzene rings is 1. The number of nitrogens with zero attached hydrogens (tertiary/aromatic N) is 2. The van der Waals surface area contributed by atoms with Crippen LogP contribution in [0.15, 0.2) is 24.3 Å². The van der Waals surface area contributed by atoms with E-state index in [-0.39, 0.29) is 18.1 Å². The molecule has 2 aliphatic rings. The summed E-state index contributed by atoms with van der Waals surface area (Å²) in [5.74, 6) is -0.222. The van der Waals surface area contributed by atoms with Crippen LogP contribution in [0.4, 0.5) is 14.0 Å². The molecule has 2 fully saturated rings. The summed E-state index contributed by atoms with van der Waals surface area (Å²) in [5, 5.41) is 11.1. The topological polar surface area (TPSA) is 79.3 Å². The lowest BCUT2D eigenvalue weighted by Gasteiger charge is -2.38. The highest BCUT2D eigenvalue weighted by Crippen LogP contribution is 2.38. The largest absolute Gasteiger partial charge is 0.444 e. The van der Waals surface area contributed by atoms with Crippen molar-refractivity contribution in [2.45, 2.75) is 103 Å². The molecule has 7 nitrogen and oxygen atoms in total. The molecule has 1 aromatic carbocycles. The van der Waals surface area contributed by atoms with Gasteiger partial charge in [0.2, 0.25) is 0 Å². The smallest absolute Gasteiger partial charge is 0.410 e. The van der Waals surface area contributed by atoms with E-state index >= 15 is 0 Å². The maximum atomic E-state index is 13.8. The van der Waals surface area contributed by atoms with Gasteiger partial charge in [-0.15, -0.1) is 0 Å². The van der Waals surface area contributed by atoms with Gasteiger partial charge in [-0.3, -0.25) is 4.90 Å². The van der Waals surface area contributed by atoms with Crippen LogP contribution in [0.3, 0.4) is 0 Å². The summed E-state index contributed by atoms with van der Waals surface area (Å²) in [6, 6.07) is 5.23. The molecule has 2 saturated heterocycles. The molecule has 0 radical (unpaired) electrons. The Morgan fingerprint density at radius 2 is 1.71 bits per heavy atom. The number of piperidine rings is 1. The summed E-state index contributed by atoms with van der Waals surface area (Å²) in [4.78, 5) is 29.3. The number of hydrogen-bond acceptors (Lipinski definition) is 5. The third kappa shape index (κ3) is 7.56. The average molecular weight is 493 g/mol. The molecule has 35 heavy (non-hydrogen) atoms. The van der Waals surface area contributed by atoms with Crippen LogP contribution in [0.5, 0.6) is 0 Å². The molecule has 2 heterocycles. The quantitative estimate of drug-likeness (QED) is 0.586. The van der Waals surface area contributed by atoms with Crippen molar-refractivity contribution in [3.05, 3.63) is 35.6 Å². The number of amides is 2. The predicted octanol–water partition coefficient (Wildman–Crippen LogP) is 5.66. The summed E-state index contributed by atoms with van der Waals surface area (Å²) in [6.07, 6.45) is 2.02. The molecule has 0 aromatic heterocycles. The highest BCUT2D eigenvalue weighted by atomic mass is 19.1. The molecule has 0 aliphatic carbocycles. The Hall–Kier alpha value is -2.35.